The highest BCUT2D eigenvalue weighted by molar-refractivity contribution is 5.90. The number of pyridine rings is 1. The molecule has 1 N–H and O–H groups in total. The molecule has 2 aromatic rings. The van der Waals surface area contributed by atoms with Gasteiger partial charge in [0.1, 0.15) is 5.82 Å². The Hall–Kier alpha value is -2.69. The molecular formula is C18H18FNO3. The van der Waals surface area contributed by atoms with Crippen molar-refractivity contribution in [1.82, 2.24) is 4.98 Å². The largest absolute Gasteiger partial charge is 0.502 e. The van der Waals surface area contributed by atoms with Crippen LogP contribution in [0.2, 0.25) is 0 Å². The Morgan fingerprint density at radius 3 is 2.61 bits per heavy atom. The van der Waals surface area contributed by atoms with Crippen LogP contribution in [0, 0.1) is 5.82 Å². The summed E-state index contributed by atoms with van der Waals surface area (Å²) in [6.45, 7) is 1.86. The van der Waals surface area contributed by atoms with Gasteiger partial charge < -0.3 is 9.84 Å². The fourth-order valence-electron chi connectivity index (χ4n) is 2.07. The molecule has 120 valence electrons. The quantitative estimate of drug-likeness (QED) is 0.504. The molecule has 0 fully saturated rings. The monoisotopic (exact) mass is 315 g/mol. The van der Waals surface area contributed by atoms with E-state index in [2.05, 4.69) is 4.98 Å². The lowest BCUT2D eigenvalue weighted by molar-refractivity contribution is -0.141. The molecule has 23 heavy (non-hydrogen) atoms. The maximum atomic E-state index is 12.9. The third-order valence-electron chi connectivity index (χ3n) is 3.23. The van der Waals surface area contributed by atoms with Gasteiger partial charge in [-0.15, -0.1) is 0 Å². The number of aliphatic hydroxyl groups is 1. The molecule has 0 spiro atoms. The molecule has 0 atom stereocenters. The molecule has 0 aliphatic rings. The minimum atomic E-state index is -0.772. The second-order valence-electron chi connectivity index (χ2n) is 4.97. The van der Waals surface area contributed by atoms with Crippen molar-refractivity contribution in [2.75, 3.05) is 6.61 Å². The first kappa shape index (κ1) is 16.7. The van der Waals surface area contributed by atoms with Gasteiger partial charge in [0.05, 0.1) is 12.3 Å². The molecule has 0 aliphatic carbocycles. The number of esters is 1. The lowest BCUT2D eigenvalue weighted by atomic mass is 10.0. The number of hydrogen-bond donors (Lipinski definition) is 1. The number of carbonyl (C=O) groups is 1. The molecule has 0 saturated heterocycles. The first-order valence-electron chi connectivity index (χ1n) is 7.35. The van der Waals surface area contributed by atoms with Crippen LogP contribution in [0.4, 0.5) is 4.39 Å². The van der Waals surface area contributed by atoms with Gasteiger partial charge in [-0.25, -0.2) is 9.18 Å². The van der Waals surface area contributed by atoms with Crippen LogP contribution < -0.4 is 0 Å². The number of benzene rings is 1. The highest BCUT2D eigenvalue weighted by atomic mass is 19.1. The van der Waals surface area contributed by atoms with Crippen LogP contribution in [0.5, 0.6) is 0 Å². The summed E-state index contributed by atoms with van der Waals surface area (Å²) in [5.41, 5.74) is 2.52. The van der Waals surface area contributed by atoms with Crippen molar-refractivity contribution in [1.29, 1.82) is 0 Å². The zero-order valence-electron chi connectivity index (χ0n) is 12.8. The zero-order chi connectivity index (χ0) is 16.7. The maximum Gasteiger partial charge on any atom is 0.373 e. The van der Waals surface area contributed by atoms with Crippen molar-refractivity contribution >= 4 is 12.0 Å². The van der Waals surface area contributed by atoms with E-state index in [1.807, 2.05) is 6.07 Å². The highest BCUT2D eigenvalue weighted by Crippen LogP contribution is 2.11. The molecular weight excluding hydrogens is 297 g/mol. The van der Waals surface area contributed by atoms with Gasteiger partial charge in [0.2, 0.25) is 5.76 Å². The minimum Gasteiger partial charge on any atom is -0.502 e. The lowest BCUT2D eigenvalue weighted by Gasteiger charge is -2.04. The number of rotatable bonds is 6. The predicted octanol–water partition coefficient (Wildman–Crippen LogP) is 3.47. The number of halogens is 1. The molecule has 0 amide bonds. The molecule has 0 radical (unpaired) electrons. The minimum absolute atomic E-state index is 0.196. The SMILES string of the molecule is CCOC(=O)/C(O)=C/c1cc(CCc2ccc(F)cc2)ccn1. The van der Waals surface area contributed by atoms with Crippen molar-refractivity contribution in [2.45, 2.75) is 19.8 Å². The molecule has 0 aliphatic heterocycles. The summed E-state index contributed by atoms with van der Waals surface area (Å²) < 4.78 is 17.6. The van der Waals surface area contributed by atoms with Crippen LogP contribution in [0.15, 0.2) is 48.4 Å². The van der Waals surface area contributed by atoms with Crippen LogP contribution in [0.25, 0.3) is 6.08 Å². The fourth-order valence-corrected chi connectivity index (χ4v) is 2.07. The molecule has 0 saturated carbocycles. The summed E-state index contributed by atoms with van der Waals surface area (Å²) in [5, 5.41) is 9.64. The fraction of sp³-hybridized carbons (Fsp3) is 0.222. The van der Waals surface area contributed by atoms with E-state index in [0.717, 1.165) is 24.0 Å². The van der Waals surface area contributed by atoms with E-state index in [1.54, 1.807) is 31.3 Å². The second kappa shape index (κ2) is 8.08. The van der Waals surface area contributed by atoms with Crippen molar-refractivity contribution in [3.8, 4) is 0 Å². The number of aryl methyl sites for hydroxylation is 2. The van der Waals surface area contributed by atoms with Gasteiger partial charge in [-0.3, -0.25) is 4.98 Å². The van der Waals surface area contributed by atoms with Crippen LogP contribution >= 0.6 is 0 Å². The van der Waals surface area contributed by atoms with E-state index in [0.29, 0.717) is 5.69 Å². The third kappa shape index (κ3) is 5.21. The number of carbonyl (C=O) groups excluding carboxylic acids is 1. The molecule has 5 heteroatoms. The third-order valence-corrected chi connectivity index (χ3v) is 3.23. The maximum absolute atomic E-state index is 12.9. The summed E-state index contributed by atoms with van der Waals surface area (Å²) in [5.74, 6) is -1.50. The van der Waals surface area contributed by atoms with Crippen molar-refractivity contribution < 1.29 is 19.0 Å². The van der Waals surface area contributed by atoms with Gasteiger partial charge in [0.15, 0.2) is 0 Å². The van der Waals surface area contributed by atoms with Crippen molar-refractivity contribution in [2.24, 2.45) is 0 Å². The molecule has 0 unspecified atom stereocenters. The number of hydrogen-bond acceptors (Lipinski definition) is 4. The van der Waals surface area contributed by atoms with Gasteiger partial charge >= 0.3 is 5.97 Å². The summed E-state index contributed by atoms with van der Waals surface area (Å²) in [6, 6.07) is 10.0. The Morgan fingerprint density at radius 2 is 1.91 bits per heavy atom. The molecule has 1 heterocycles. The van der Waals surface area contributed by atoms with E-state index in [1.165, 1.54) is 18.2 Å². The topological polar surface area (TPSA) is 59.4 Å². The number of nitrogens with zero attached hydrogens (tertiary/aromatic N) is 1. The molecule has 1 aromatic heterocycles. The van der Waals surface area contributed by atoms with E-state index in [9.17, 15) is 14.3 Å². The van der Waals surface area contributed by atoms with Gasteiger partial charge in [0, 0.05) is 12.3 Å². The molecule has 0 bridgehead atoms. The van der Waals surface area contributed by atoms with Gasteiger partial charge in [-0.2, -0.15) is 0 Å². The van der Waals surface area contributed by atoms with Crippen molar-refractivity contribution in [3.63, 3.8) is 0 Å². The van der Waals surface area contributed by atoms with Gasteiger partial charge in [0.25, 0.3) is 0 Å². The summed E-state index contributed by atoms with van der Waals surface area (Å²) in [6.07, 6.45) is 4.40. The number of ether oxygens (including phenoxy) is 1. The Morgan fingerprint density at radius 1 is 1.22 bits per heavy atom. The van der Waals surface area contributed by atoms with Crippen LogP contribution in [0.3, 0.4) is 0 Å². The van der Waals surface area contributed by atoms with E-state index < -0.39 is 11.7 Å². The Kier molecular flexibility index (Phi) is 5.86. The van der Waals surface area contributed by atoms with E-state index >= 15 is 0 Å². The smallest absolute Gasteiger partial charge is 0.373 e. The Balaban J connectivity index is 2.03. The Labute approximate surface area is 134 Å². The zero-order valence-corrected chi connectivity index (χ0v) is 12.8. The first-order chi connectivity index (χ1) is 11.1. The predicted molar refractivity (Wildman–Crippen MR) is 85.3 cm³/mol. The molecule has 4 nitrogen and oxygen atoms in total. The van der Waals surface area contributed by atoms with Crippen LogP contribution in [-0.4, -0.2) is 22.7 Å². The second-order valence-corrected chi connectivity index (χ2v) is 4.97. The van der Waals surface area contributed by atoms with Crippen LogP contribution in [-0.2, 0) is 22.4 Å². The Bertz CT molecular complexity index is 696. The lowest BCUT2D eigenvalue weighted by Crippen LogP contribution is -2.07. The van der Waals surface area contributed by atoms with Gasteiger partial charge in [-0.05, 0) is 55.2 Å². The van der Waals surface area contributed by atoms with E-state index in [-0.39, 0.29) is 12.4 Å². The normalized spacial score (nSPS) is 11.3. The van der Waals surface area contributed by atoms with E-state index in [4.69, 9.17) is 4.74 Å². The highest BCUT2D eigenvalue weighted by Gasteiger charge is 2.08. The number of aromatic nitrogens is 1. The summed E-state index contributed by atoms with van der Waals surface area (Å²) in [7, 11) is 0. The van der Waals surface area contributed by atoms with Crippen LogP contribution in [0.1, 0.15) is 23.7 Å². The summed E-state index contributed by atoms with van der Waals surface area (Å²) in [4.78, 5) is 15.5. The molecule has 2 rings (SSSR count). The van der Waals surface area contributed by atoms with Crippen molar-refractivity contribution in [3.05, 3.63) is 71.0 Å². The first-order valence-corrected chi connectivity index (χ1v) is 7.35. The average Bonchev–Trinajstić information content (AvgIpc) is 2.55. The van der Waals surface area contributed by atoms with Gasteiger partial charge in [-0.1, -0.05) is 12.1 Å². The molecule has 1 aromatic carbocycles. The summed E-state index contributed by atoms with van der Waals surface area (Å²) >= 11 is 0. The number of aliphatic hydroxyl groups excluding tert-OH is 1. The average molecular weight is 315 g/mol. The standard InChI is InChI=1S/C18H18FNO3/c1-2-23-18(22)17(21)12-16-11-14(9-10-20-16)4-3-13-5-7-15(19)8-6-13/h5-12,21H,2-4H2,1H3/b17-12-.